The van der Waals surface area contributed by atoms with E-state index in [0.29, 0.717) is 7.18 Å². The fraction of sp³-hybridized carbons (Fsp3) is 0.455. The molecule has 0 saturated carbocycles. The number of hydrogen-bond acceptors (Lipinski definition) is 0. The molecule has 12 heavy (non-hydrogen) atoms. The number of alkyl halides is 1. The summed E-state index contributed by atoms with van der Waals surface area (Å²) in [5.41, 5.74) is 2.74. The Hall–Kier alpha value is -0.850. The second-order valence-corrected chi connectivity index (χ2v) is 2.08. The lowest BCUT2D eigenvalue weighted by Crippen LogP contribution is -1.74. The van der Waals surface area contributed by atoms with Crippen molar-refractivity contribution in [1.82, 2.24) is 0 Å². The van der Waals surface area contributed by atoms with Crippen LogP contribution in [0.3, 0.4) is 0 Å². The number of rotatable bonds is 0. The Morgan fingerprint density at radius 2 is 1.08 bits per heavy atom. The van der Waals surface area contributed by atoms with Crippen LogP contribution in [0.2, 0.25) is 0 Å². The molecule has 0 unspecified atom stereocenters. The maximum absolute atomic E-state index is 9.50. The number of halogens is 1. The molecular formula is C11H19F. The maximum Gasteiger partial charge on any atom is 0.0785 e. The first-order valence-corrected chi connectivity index (χ1v) is 4.21. The van der Waals surface area contributed by atoms with Crippen LogP contribution < -0.4 is 0 Å². The Labute approximate surface area is 75.4 Å². The van der Waals surface area contributed by atoms with Gasteiger partial charge in [-0.25, -0.2) is 0 Å². The van der Waals surface area contributed by atoms with Gasteiger partial charge in [-0.15, -0.1) is 0 Å². The van der Waals surface area contributed by atoms with Crippen LogP contribution in [0.5, 0.6) is 0 Å². The minimum Gasteiger partial charge on any atom is -0.255 e. The molecule has 0 amide bonds. The SMILES string of the molecule is CC.CF.Cc1ccccc1C. The first-order valence-electron chi connectivity index (χ1n) is 4.21. The fourth-order valence-corrected chi connectivity index (χ4v) is 0.663. The van der Waals surface area contributed by atoms with E-state index in [1.807, 2.05) is 13.8 Å². The van der Waals surface area contributed by atoms with Crippen molar-refractivity contribution in [2.24, 2.45) is 0 Å². The lowest BCUT2D eigenvalue weighted by Gasteiger charge is -1.93. The van der Waals surface area contributed by atoms with Crippen LogP contribution in [0.25, 0.3) is 0 Å². The van der Waals surface area contributed by atoms with Crippen LogP contribution in [-0.4, -0.2) is 7.18 Å². The van der Waals surface area contributed by atoms with Crippen LogP contribution in [0, 0.1) is 13.8 Å². The zero-order valence-electron chi connectivity index (χ0n) is 8.69. The van der Waals surface area contributed by atoms with Gasteiger partial charge in [0.05, 0.1) is 7.18 Å². The minimum absolute atomic E-state index is 0.500. The van der Waals surface area contributed by atoms with Crippen molar-refractivity contribution >= 4 is 0 Å². The fourth-order valence-electron chi connectivity index (χ4n) is 0.663. The molecule has 0 nitrogen and oxygen atoms in total. The molecule has 0 aliphatic heterocycles. The molecule has 0 atom stereocenters. The standard InChI is InChI=1S/C8H10.C2H6.CH3F/c1-7-5-3-4-6-8(7)2;2*1-2/h3-6H,1-2H3;1-2H3;1H3. The van der Waals surface area contributed by atoms with E-state index in [4.69, 9.17) is 0 Å². The van der Waals surface area contributed by atoms with E-state index < -0.39 is 0 Å². The lowest BCUT2D eigenvalue weighted by atomic mass is 10.1. The largest absolute Gasteiger partial charge is 0.255 e. The second kappa shape index (κ2) is 10.2. The summed E-state index contributed by atoms with van der Waals surface area (Å²) >= 11 is 0. The summed E-state index contributed by atoms with van der Waals surface area (Å²) in [4.78, 5) is 0. The van der Waals surface area contributed by atoms with Crippen LogP contribution >= 0.6 is 0 Å². The maximum atomic E-state index is 9.50. The van der Waals surface area contributed by atoms with Crippen molar-refractivity contribution in [3.8, 4) is 0 Å². The molecular weight excluding hydrogens is 151 g/mol. The van der Waals surface area contributed by atoms with Gasteiger partial charge in [-0.05, 0) is 25.0 Å². The molecule has 0 fully saturated rings. The van der Waals surface area contributed by atoms with Gasteiger partial charge in [0.15, 0.2) is 0 Å². The normalized spacial score (nSPS) is 7.17. The molecule has 0 heterocycles. The first kappa shape index (κ1) is 13.7. The molecule has 0 saturated heterocycles. The number of hydrogen-bond donors (Lipinski definition) is 0. The highest BCUT2D eigenvalue weighted by atomic mass is 19.1. The van der Waals surface area contributed by atoms with Crippen molar-refractivity contribution in [2.75, 3.05) is 7.18 Å². The Balaban J connectivity index is 0. The van der Waals surface area contributed by atoms with Crippen molar-refractivity contribution in [2.45, 2.75) is 27.7 Å². The summed E-state index contributed by atoms with van der Waals surface area (Å²) < 4.78 is 9.50. The Morgan fingerprint density at radius 1 is 0.833 bits per heavy atom. The Morgan fingerprint density at radius 3 is 1.25 bits per heavy atom. The van der Waals surface area contributed by atoms with Gasteiger partial charge >= 0.3 is 0 Å². The third kappa shape index (κ3) is 5.90. The molecule has 1 rings (SSSR count). The monoisotopic (exact) mass is 170 g/mol. The molecule has 0 aromatic heterocycles. The van der Waals surface area contributed by atoms with E-state index in [2.05, 4.69) is 38.1 Å². The summed E-state index contributed by atoms with van der Waals surface area (Å²) in [6, 6.07) is 8.36. The summed E-state index contributed by atoms with van der Waals surface area (Å²) in [6.45, 7) is 8.24. The minimum atomic E-state index is 0.500. The van der Waals surface area contributed by atoms with E-state index in [0.717, 1.165) is 0 Å². The van der Waals surface area contributed by atoms with Gasteiger partial charge in [0, 0.05) is 0 Å². The molecule has 0 N–H and O–H groups in total. The summed E-state index contributed by atoms with van der Waals surface area (Å²) in [6.07, 6.45) is 0. The third-order valence-corrected chi connectivity index (χ3v) is 1.43. The predicted molar refractivity (Wildman–Crippen MR) is 54.3 cm³/mol. The molecule has 0 spiro atoms. The smallest absolute Gasteiger partial charge is 0.0785 e. The molecule has 70 valence electrons. The van der Waals surface area contributed by atoms with Gasteiger partial charge < -0.3 is 0 Å². The quantitative estimate of drug-likeness (QED) is 0.553. The zero-order chi connectivity index (χ0) is 9.98. The third-order valence-electron chi connectivity index (χ3n) is 1.43. The van der Waals surface area contributed by atoms with Crippen molar-refractivity contribution in [1.29, 1.82) is 0 Å². The van der Waals surface area contributed by atoms with Crippen molar-refractivity contribution < 1.29 is 4.39 Å². The molecule has 0 aliphatic carbocycles. The van der Waals surface area contributed by atoms with E-state index in [1.54, 1.807) is 0 Å². The molecule has 1 aromatic rings. The number of benzene rings is 1. The van der Waals surface area contributed by atoms with Crippen LogP contribution in [0.15, 0.2) is 24.3 Å². The van der Waals surface area contributed by atoms with E-state index in [1.165, 1.54) is 11.1 Å². The second-order valence-electron chi connectivity index (χ2n) is 2.08. The summed E-state index contributed by atoms with van der Waals surface area (Å²) in [7, 11) is 0.500. The zero-order valence-corrected chi connectivity index (χ0v) is 8.69. The van der Waals surface area contributed by atoms with Crippen LogP contribution in [0.1, 0.15) is 25.0 Å². The average Bonchev–Trinajstić information content (AvgIpc) is 2.17. The van der Waals surface area contributed by atoms with E-state index in [9.17, 15) is 4.39 Å². The molecule has 0 aliphatic rings. The lowest BCUT2D eigenvalue weighted by molar-refractivity contribution is 0.636. The predicted octanol–water partition coefficient (Wildman–Crippen LogP) is 3.92. The molecule has 0 radical (unpaired) electrons. The van der Waals surface area contributed by atoms with E-state index in [-0.39, 0.29) is 0 Å². The van der Waals surface area contributed by atoms with Gasteiger partial charge in [0.1, 0.15) is 0 Å². The highest BCUT2D eigenvalue weighted by molar-refractivity contribution is 5.23. The van der Waals surface area contributed by atoms with Crippen molar-refractivity contribution in [3.05, 3.63) is 35.4 Å². The van der Waals surface area contributed by atoms with E-state index >= 15 is 0 Å². The summed E-state index contributed by atoms with van der Waals surface area (Å²) in [5, 5.41) is 0. The average molecular weight is 170 g/mol. The van der Waals surface area contributed by atoms with Crippen LogP contribution in [-0.2, 0) is 0 Å². The van der Waals surface area contributed by atoms with Gasteiger partial charge in [-0.2, -0.15) is 0 Å². The molecule has 1 aromatic carbocycles. The van der Waals surface area contributed by atoms with Crippen molar-refractivity contribution in [3.63, 3.8) is 0 Å². The Bertz CT molecular complexity index is 161. The van der Waals surface area contributed by atoms with Crippen LogP contribution in [0.4, 0.5) is 4.39 Å². The van der Waals surface area contributed by atoms with Gasteiger partial charge in [0.2, 0.25) is 0 Å². The molecule has 1 heteroatoms. The summed E-state index contributed by atoms with van der Waals surface area (Å²) in [5.74, 6) is 0. The van der Waals surface area contributed by atoms with Gasteiger partial charge in [0.25, 0.3) is 0 Å². The topological polar surface area (TPSA) is 0 Å². The first-order chi connectivity index (χ1) is 5.80. The highest BCUT2D eigenvalue weighted by Crippen LogP contribution is 2.02. The highest BCUT2D eigenvalue weighted by Gasteiger charge is 1.83. The number of aryl methyl sites for hydroxylation is 2. The Kier molecular flexibility index (Phi) is 11.6. The van der Waals surface area contributed by atoms with Gasteiger partial charge in [-0.3, -0.25) is 4.39 Å². The molecule has 0 bridgehead atoms. The van der Waals surface area contributed by atoms with Gasteiger partial charge in [-0.1, -0.05) is 38.1 Å².